The van der Waals surface area contributed by atoms with E-state index in [0.717, 1.165) is 5.56 Å². The molecular weight excluding hydrogens is 480 g/mol. The molecule has 0 spiro atoms. The molecule has 0 aliphatic carbocycles. The number of sulfonamides is 1. The lowest BCUT2D eigenvalue weighted by Crippen LogP contribution is -2.42. The van der Waals surface area contributed by atoms with Crippen molar-refractivity contribution < 1.29 is 22.9 Å². The third-order valence-electron chi connectivity index (χ3n) is 6.13. The second kappa shape index (κ2) is 10.4. The number of carbonyl (C=O) groups is 1. The smallest absolute Gasteiger partial charge is 0.335 e. The summed E-state index contributed by atoms with van der Waals surface area (Å²) in [6, 6.07) is 19.6. The van der Waals surface area contributed by atoms with Crippen LogP contribution in [0.3, 0.4) is 0 Å². The van der Waals surface area contributed by atoms with Crippen molar-refractivity contribution in [2.24, 2.45) is 0 Å². The van der Waals surface area contributed by atoms with Crippen LogP contribution in [-0.4, -0.2) is 30.2 Å². The van der Waals surface area contributed by atoms with Crippen LogP contribution >= 0.6 is 0 Å². The molecule has 3 aromatic rings. The van der Waals surface area contributed by atoms with Crippen molar-refractivity contribution in [3.05, 3.63) is 117 Å². The molecule has 0 bridgehead atoms. The molecule has 8 nitrogen and oxygen atoms in total. The fraction of sp³-hybridized carbons (Fsp3) is 0.222. The highest BCUT2D eigenvalue weighted by Gasteiger charge is 2.44. The molecule has 0 N–H and O–H groups in total. The van der Waals surface area contributed by atoms with E-state index in [-0.39, 0.29) is 29.2 Å². The number of nitrogens with zero attached hydrogens (tertiary/aromatic N) is 2. The Morgan fingerprint density at radius 3 is 2.22 bits per heavy atom. The molecule has 1 aliphatic heterocycles. The maximum Gasteiger partial charge on any atom is 0.335 e. The lowest BCUT2D eigenvalue weighted by Gasteiger charge is -2.41. The van der Waals surface area contributed by atoms with Crippen LogP contribution in [0.15, 0.2) is 95.4 Å². The quantitative estimate of drug-likeness (QED) is 0.245. The molecule has 1 heterocycles. The predicted octanol–water partition coefficient (Wildman–Crippen LogP) is 5.27. The Morgan fingerprint density at radius 1 is 1.00 bits per heavy atom. The Balaban J connectivity index is 1.94. The number of hydrogen-bond acceptors (Lipinski definition) is 6. The molecular formula is C27H26N2O6S. The van der Waals surface area contributed by atoms with Crippen molar-refractivity contribution in [3.63, 3.8) is 0 Å². The lowest BCUT2D eigenvalue weighted by molar-refractivity contribution is -0.384. The minimum absolute atomic E-state index is 0.0889. The van der Waals surface area contributed by atoms with Crippen LogP contribution in [0, 0.1) is 17.0 Å². The first-order chi connectivity index (χ1) is 17.2. The van der Waals surface area contributed by atoms with E-state index in [1.165, 1.54) is 16.4 Å². The van der Waals surface area contributed by atoms with Crippen molar-refractivity contribution >= 4 is 21.7 Å². The van der Waals surface area contributed by atoms with E-state index in [0.29, 0.717) is 11.1 Å². The zero-order valence-corrected chi connectivity index (χ0v) is 20.7. The number of rotatable bonds is 7. The molecule has 36 heavy (non-hydrogen) atoms. The first kappa shape index (κ1) is 25.3. The molecule has 0 saturated heterocycles. The van der Waals surface area contributed by atoms with E-state index in [1.54, 1.807) is 73.7 Å². The molecule has 0 aromatic heterocycles. The van der Waals surface area contributed by atoms with Gasteiger partial charge < -0.3 is 4.74 Å². The van der Waals surface area contributed by atoms with Crippen LogP contribution < -0.4 is 0 Å². The van der Waals surface area contributed by atoms with Gasteiger partial charge in [0, 0.05) is 12.1 Å². The number of benzene rings is 3. The minimum Gasteiger partial charge on any atom is -0.463 e. The first-order valence-corrected chi connectivity index (χ1v) is 12.9. The molecule has 4 rings (SSSR count). The van der Waals surface area contributed by atoms with Gasteiger partial charge in [0.15, 0.2) is 0 Å². The normalized spacial score (nSPS) is 18.3. The summed E-state index contributed by atoms with van der Waals surface area (Å²) in [4.78, 5) is 23.8. The Bertz CT molecular complexity index is 1380. The van der Waals surface area contributed by atoms with Gasteiger partial charge >= 0.3 is 5.97 Å². The fourth-order valence-corrected chi connectivity index (χ4v) is 6.16. The second-order valence-electron chi connectivity index (χ2n) is 8.44. The fourth-order valence-electron chi connectivity index (χ4n) is 4.38. The van der Waals surface area contributed by atoms with Gasteiger partial charge in [-0.3, -0.25) is 10.1 Å². The van der Waals surface area contributed by atoms with Gasteiger partial charge in [-0.25, -0.2) is 13.2 Å². The molecule has 0 radical (unpaired) electrons. The average molecular weight is 507 g/mol. The molecule has 186 valence electrons. The number of carbonyl (C=O) groups excluding carboxylic acids is 1. The minimum atomic E-state index is -4.13. The van der Waals surface area contributed by atoms with Crippen molar-refractivity contribution in [2.45, 2.75) is 37.2 Å². The van der Waals surface area contributed by atoms with Gasteiger partial charge in [0.25, 0.3) is 5.69 Å². The third kappa shape index (κ3) is 4.93. The summed E-state index contributed by atoms with van der Waals surface area (Å²) < 4.78 is 35.0. The summed E-state index contributed by atoms with van der Waals surface area (Å²) in [5.74, 6) is -0.586. The Kier molecular flexibility index (Phi) is 7.32. The Morgan fingerprint density at radius 2 is 1.64 bits per heavy atom. The molecule has 0 saturated carbocycles. The predicted molar refractivity (Wildman–Crippen MR) is 135 cm³/mol. The van der Waals surface area contributed by atoms with Crippen LogP contribution in [0.1, 0.15) is 42.1 Å². The maximum atomic E-state index is 14.2. The van der Waals surface area contributed by atoms with Gasteiger partial charge in [-0.1, -0.05) is 66.2 Å². The van der Waals surface area contributed by atoms with Crippen LogP contribution in [0.5, 0.6) is 0 Å². The number of aryl methyl sites for hydroxylation is 1. The Labute approximate surface area is 210 Å². The molecule has 3 aromatic carbocycles. The summed E-state index contributed by atoms with van der Waals surface area (Å²) in [5, 5.41) is 11.2. The van der Waals surface area contributed by atoms with E-state index in [1.807, 2.05) is 13.0 Å². The number of non-ortho nitro benzene ring substituents is 1. The van der Waals surface area contributed by atoms with Crippen molar-refractivity contribution in [2.75, 3.05) is 6.61 Å². The molecule has 2 atom stereocenters. The summed E-state index contributed by atoms with van der Waals surface area (Å²) in [6.45, 7) is 3.71. The molecule has 0 unspecified atom stereocenters. The standard InChI is InChI=1S/C27H26N2O6S/c1-3-35-27(30)24-17-18-25(20-11-13-22(14-12-20)29(31)32)28(26(24)21-7-5-4-6-8-21)36(33,34)23-15-9-19(2)10-16-23/h4-17,25-26H,3,18H2,1-2H3/t25-,26-/m0/s1. The Hall–Kier alpha value is -3.82. The summed E-state index contributed by atoms with van der Waals surface area (Å²) in [7, 11) is -4.13. The summed E-state index contributed by atoms with van der Waals surface area (Å²) >= 11 is 0. The van der Waals surface area contributed by atoms with Gasteiger partial charge in [0.2, 0.25) is 10.0 Å². The maximum absolute atomic E-state index is 14.2. The molecule has 0 fully saturated rings. The van der Waals surface area contributed by atoms with Crippen LogP contribution in [0.2, 0.25) is 0 Å². The van der Waals surface area contributed by atoms with Crippen molar-refractivity contribution in [3.8, 4) is 0 Å². The molecule has 9 heteroatoms. The lowest BCUT2D eigenvalue weighted by atomic mass is 9.89. The topological polar surface area (TPSA) is 107 Å². The number of nitro benzene ring substituents is 1. The number of hydrogen-bond donors (Lipinski definition) is 0. The van der Waals surface area contributed by atoms with Gasteiger partial charge in [0.05, 0.1) is 34.1 Å². The van der Waals surface area contributed by atoms with Gasteiger partial charge in [0.1, 0.15) is 0 Å². The number of ether oxygens (including phenoxy) is 1. The van der Waals surface area contributed by atoms with Crippen LogP contribution in [0.25, 0.3) is 0 Å². The highest BCUT2D eigenvalue weighted by Crippen LogP contribution is 2.46. The van der Waals surface area contributed by atoms with E-state index in [2.05, 4.69) is 0 Å². The van der Waals surface area contributed by atoms with E-state index in [4.69, 9.17) is 4.74 Å². The highest BCUT2D eigenvalue weighted by molar-refractivity contribution is 7.89. The van der Waals surface area contributed by atoms with Crippen molar-refractivity contribution in [1.29, 1.82) is 0 Å². The van der Waals surface area contributed by atoms with Crippen molar-refractivity contribution in [1.82, 2.24) is 4.31 Å². The monoisotopic (exact) mass is 506 g/mol. The molecule has 1 aliphatic rings. The third-order valence-corrected chi connectivity index (χ3v) is 8.02. The summed E-state index contributed by atoms with van der Waals surface area (Å²) in [6.07, 6.45) is 1.91. The number of esters is 1. The van der Waals surface area contributed by atoms with Crippen LogP contribution in [-0.2, 0) is 19.6 Å². The SMILES string of the molecule is CCOC(=O)C1=CC[C@@H](c2ccc([N+](=O)[O-])cc2)N(S(=O)(=O)c2ccc(C)cc2)[C@H]1c1ccccc1. The number of nitro groups is 1. The second-order valence-corrected chi connectivity index (χ2v) is 10.3. The zero-order chi connectivity index (χ0) is 25.9. The molecule has 0 amide bonds. The summed E-state index contributed by atoms with van der Waals surface area (Å²) in [5.41, 5.74) is 2.24. The van der Waals surface area contributed by atoms with E-state index < -0.39 is 33.0 Å². The zero-order valence-electron chi connectivity index (χ0n) is 19.9. The largest absolute Gasteiger partial charge is 0.463 e. The highest BCUT2D eigenvalue weighted by atomic mass is 32.2. The van der Waals surface area contributed by atoms with E-state index in [9.17, 15) is 23.3 Å². The van der Waals surface area contributed by atoms with Crippen LogP contribution in [0.4, 0.5) is 5.69 Å². The van der Waals surface area contributed by atoms with Gasteiger partial charge in [-0.2, -0.15) is 4.31 Å². The average Bonchev–Trinajstić information content (AvgIpc) is 2.88. The van der Waals surface area contributed by atoms with E-state index >= 15 is 0 Å². The van der Waals surface area contributed by atoms with Gasteiger partial charge in [-0.15, -0.1) is 0 Å². The van der Waals surface area contributed by atoms with Gasteiger partial charge in [-0.05, 0) is 43.5 Å². The first-order valence-electron chi connectivity index (χ1n) is 11.5.